The highest BCUT2D eigenvalue weighted by Crippen LogP contribution is 2.09. The van der Waals surface area contributed by atoms with Crippen molar-refractivity contribution in [1.82, 2.24) is 15.2 Å². The number of alkyl halides is 2. The predicted molar refractivity (Wildman–Crippen MR) is 53.4 cm³/mol. The van der Waals surface area contributed by atoms with E-state index >= 15 is 0 Å². The predicted octanol–water partition coefficient (Wildman–Crippen LogP) is 1.10. The molecule has 3 N–H and O–H groups in total. The summed E-state index contributed by atoms with van der Waals surface area (Å²) in [7, 11) is 0. The standard InChI is InChI=1S/C9H16F2N4/c1-6(2)15-4-3-7(14-15)5-8(13-12)9(10)11/h3-4,6,8-9,13H,5,12H2,1-2H3. The first kappa shape index (κ1) is 12.1. The lowest BCUT2D eigenvalue weighted by molar-refractivity contribution is 0.0979. The molecule has 1 rings (SSSR count). The monoisotopic (exact) mass is 218 g/mol. The topological polar surface area (TPSA) is 55.9 Å². The van der Waals surface area contributed by atoms with Crippen molar-refractivity contribution < 1.29 is 8.78 Å². The summed E-state index contributed by atoms with van der Waals surface area (Å²) in [6.07, 6.45) is -0.577. The fourth-order valence-electron chi connectivity index (χ4n) is 1.22. The molecular weight excluding hydrogens is 202 g/mol. The van der Waals surface area contributed by atoms with Crippen LogP contribution in [0.3, 0.4) is 0 Å². The van der Waals surface area contributed by atoms with Crippen LogP contribution in [0.4, 0.5) is 8.78 Å². The second-order valence-electron chi connectivity index (χ2n) is 3.69. The molecule has 6 heteroatoms. The molecule has 0 saturated carbocycles. The zero-order valence-corrected chi connectivity index (χ0v) is 8.82. The number of rotatable bonds is 5. The SMILES string of the molecule is CC(C)n1ccc(CC(NN)C(F)F)n1. The molecule has 1 aromatic rings. The van der Waals surface area contributed by atoms with Crippen LogP contribution >= 0.6 is 0 Å². The third-order valence-electron chi connectivity index (χ3n) is 2.14. The first-order valence-corrected chi connectivity index (χ1v) is 4.83. The lowest BCUT2D eigenvalue weighted by atomic mass is 10.2. The van der Waals surface area contributed by atoms with Crippen LogP contribution in [0.15, 0.2) is 12.3 Å². The smallest absolute Gasteiger partial charge is 0.255 e. The Bertz CT molecular complexity index is 298. The molecule has 0 aliphatic rings. The number of nitrogens with two attached hydrogens (primary N) is 1. The van der Waals surface area contributed by atoms with Crippen molar-refractivity contribution in [3.8, 4) is 0 Å². The number of halogens is 2. The maximum Gasteiger partial charge on any atom is 0.255 e. The van der Waals surface area contributed by atoms with Gasteiger partial charge in [0.2, 0.25) is 0 Å². The van der Waals surface area contributed by atoms with Gasteiger partial charge in [0.1, 0.15) is 0 Å². The van der Waals surface area contributed by atoms with Crippen molar-refractivity contribution in [1.29, 1.82) is 0 Å². The molecule has 0 saturated heterocycles. The van der Waals surface area contributed by atoms with Crippen LogP contribution in [0.25, 0.3) is 0 Å². The molecule has 4 nitrogen and oxygen atoms in total. The van der Waals surface area contributed by atoms with E-state index in [0.717, 1.165) is 0 Å². The van der Waals surface area contributed by atoms with Gasteiger partial charge in [0, 0.05) is 18.7 Å². The molecule has 1 heterocycles. The summed E-state index contributed by atoms with van der Waals surface area (Å²) in [5.74, 6) is 5.02. The van der Waals surface area contributed by atoms with Gasteiger partial charge in [-0.05, 0) is 19.9 Å². The summed E-state index contributed by atoms with van der Waals surface area (Å²) >= 11 is 0. The molecule has 15 heavy (non-hydrogen) atoms. The average molecular weight is 218 g/mol. The number of nitrogens with one attached hydrogen (secondary N) is 1. The molecule has 0 radical (unpaired) electrons. The number of hydrogen-bond acceptors (Lipinski definition) is 3. The molecule has 1 unspecified atom stereocenters. The first-order valence-electron chi connectivity index (χ1n) is 4.83. The number of nitrogens with zero attached hydrogens (tertiary/aromatic N) is 2. The van der Waals surface area contributed by atoms with Gasteiger partial charge in [-0.1, -0.05) is 0 Å². The van der Waals surface area contributed by atoms with Crippen molar-refractivity contribution in [2.75, 3.05) is 0 Å². The van der Waals surface area contributed by atoms with E-state index in [9.17, 15) is 8.78 Å². The van der Waals surface area contributed by atoms with E-state index in [1.165, 1.54) is 0 Å². The van der Waals surface area contributed by atoms with Crippen LogP contribution < -0.4 is 11.3 Å². The summed E-state index contributed by atoms with van der Waals surface area (Å²) < 4.78 is 26.5. The second kappa shape index (κ2) is 5.18. The lowest BCUT2D eigenvalue weighted by Crippen LogP contribution is -2.42. The summed E-state index contributed by atoms with van der Waals surface area (Å²) in [5, 5.41) is 4.17. The third-order valence-corrected chi connectivity index (χ3v) is 2.14. The lowest BCUT2D eigenvalue weighted by Gasteiger charge is -2.12. The molecule has 0 amide bonds. The summed E-state index contributed by atoms with van der Waals surface area (Å²) in [6, 6.07) is 0.919. The maximum atomic E-state index is 12.4. The van der Waals surface area contributed by atoms with Crippen molar-refractivity contribution in [3.63, 3.8) is 0 Å². The summed E-state index contributed by atoms with van der Waals surface area (Å²) in [5.41, 5.74) is 2.71. The van der Waals surface area contributed by atoms with Gasteiger partial charge < -0.3 is 0 Å². The molecule has 0 aromatic carbocycles. The van der Waals surface area contributed by atoms with Gasteiger partial charge >= 0.3 is 0 Å². The minimum Gasteiger partial charge on any atom is -0.271 e. The fraction of sp³-hybridized carbons (Fsp3) is 0.667. The van der Waals surface area contributed by atoms with Crippen molar-refractivity contribution >= 4 is 0 Å². The Morgan fingerprint density at radius 3 is 2.60 bits per heavy atom. The number of hydrogen-bond donors (Lipinski definition) is 2. The van der Waals surface area contributed by atoms with Gasteiger partial charge in [-0.2, -0.15) is 5.10 Å². The van der Waals surface area contributed by atoms with Gasteiger partial charge in [0.15, 0.2) is 0 Å². The molecular formula is C9H16F2N4. The van der Waals surface area contributed by atoms with Crippen LogP contribution in [0, 0.1) is 0 Å². The summed E-state index contributed by atoms with van der Waals surface area (Å²) in [6.45, 7) is 3.95. The third kappa shape index (κ3) is 3.24. The highest BCUT2D eigenvalue weighted by atomic mass is 19.3. The Labute approximate surface area is 87.4 Å². The van der Waals surface area contributed by atoms with E-state index in [4.69, 9.17) is 5.84 Å². The van der Waals surface area contributed by atoms with Crippen molar-refractivity contribution in [2.45, 2.75) is 38.8 Å². The second-order valence-corrected chi connectivity index (χ2v) is 3.69. The van der Waals surface area contributed by atoms with Crippen LogP contribution in [-0.2, 0) is 6.42 Å². The van der Waals surface area contributed by atoms with E-state index in [2.05, 4.69) is 10.5 Å². The fourth-order valence-corrected chi connectivity index (χ4v) is 1.22. The largest absolute Gasteiger partial charge is 0.271 e. The molecule has 0 fully saturated rings. The maximum absolute atomic E-state index is 12.4. The minimum absolute atomic E-state index is 0.133. The average Bonchev–Trinajstić information content (AvgIpc) is 2.61. The Balaban J connectivity index is 2.63. The highest BCUT2D eigenvalue weighted by Gasteiger charge is 2.20. The van der Waals surface area contributed by atoms with Gasteiger partial charge in [-0.3, -0.25) is 16.0 Å². The van der Waals surface area contributed by atoms with E-state index in [1.54, 1.807) is 16.9 Å². The van der Waals surface area contributed by atoms with E-state index in [1.807, 2.05) is 13.8 Å². The quantitative estimate of drug-likeness (QED) is 0.575. The van der Waals surface area contributed by atoms with Crippen LogP contribution in [0.5, 0.6) is 0 Å². The van der Waals surface area contributed by atoms with Crippen LogP contribution in [-0.4, -0.2) is 22.2 Å². The van der Waals surface area contributed by atoms with Crippen LogP contribution in [0.1, 0.15) is 25.6 Å². The van der Waals surface area contributed by atoms with E-state index in [0.29, 0.717) is 5.69 Å². The molecule has 0 bridgehead atoms. The van der Waals surface area contributed by atoms with Gasteiger partial charge in [-0.15, -0.1) is 0 Å². The molecule has 0 aliphatic heterocycles. The molecule has 86 valence electrons. The van der Waals surface area contributed by atoms with Gasteiger partial charge in [-0.25, -0.2) is 8.78 Å². The Morgan fingerprint density at radius 1 is 1.53 bits per heavy atom. The summed E-state index contributed by atoms with van der Waals surface area (Å²) in [4.78, 5) is 0. The normalized spacial score (nSPS) is 13.8. The molecule has 1 aromatic heterocycles. The van der Waals surface area contributed by atoms with E-state index < -0.39 is 12.5 Å². The molecule has 0 aliphatic carbocycles. The zero-order valence-electron chi connectivity index (χ0n) is 8.82. The van der Waals surface area contributed by atoms with Crippen molar-refractivity contribution in [3.05, 3.63) is 18.0 Å². The Morgan fingerprint density at radius 2 is 2.20 bits per heavy atom. The van der Waals surface area contributed by atoms with Crippen LogP contribution in [0.2, 0.25) is 0 Å². The highest BCUT2D eigenvalue weighted by molar-refractivity contribution is 5.02. The van der Waals surface area contributed by atoms with Crippen molar-refractivity contribution in [2.24, 2.45) is 5.84 Å². The number of aromatic nitrogens is 2. The molecule has 0 spiro atoms. The van der Waals surface area contributed by atoms with E-state index in [-0.39, 0.29) is 12.5 Å². The number of hydrazine groups is 1. The first-order chi connectivity index (χ1) is 7.04. The zero-order chi connectivity index (χ0) is 11.4. The van der Waals surface area contributed by atoms with Gasteiger partial charge in [0.05, 0.1) is 11.7 Å². The molecule has 1 atom stereocenters. The minimum atomic E-state index is -2.49. The Hall–Kier alpha value is -1.01. The van der Waals surface area contributed by atoms with Gasteiger partial charge in [0.25, 0.3) is 6.43 Å². The Kier molecular flexibility index (Phi) is 4.16.